The molecule has 0 spiro atoms. The number of rotatable bonds is 2. The van der Waals surface area contributed by atoms with Crippen molar-refractivity contribution in [1.29, 1.82) is 0 Å². The molecule has 1 rings (SSSR count). The van der Waals surface area contributed by atoms with Crippen LogP contribution in [0.3, 0.4) is 0 Å². The summed E-state index contributed by atoms with van der Waals surface area (Å²) in [6, 6.07) is 2.04. The van der Waals surface area contributed by atoms with Crippen molar-refractivity contribution in [2.24, 2.45) is 5.73 Å². The van der Waals surface area contributed by atoms with Gasteiger partial charge in [0.25, 0.3) is 0 Å². The second kappa shape index (κ2) is 3.25. The third kappa shape index (κ3) is 1.83. The first kappa shape index (κ1) is 9.23. The molecule has 1 aromatic heterocycles. The molecule has 0 amide bonds. The highest BCUT2D eigenvalue weighted by molar-refractivity contribution is 9.10. The average Bonchev–Trinajstić information content (AvgIpc) is 2.36. The van der Waals surface area contributed by atoms with Crippen molar-refractivity contribution in [3.05, 3.63) is 20.8 Å². The molecule has 0 saturated carbocycles. The van der Waals surface area contributed by atoms with Crippen LogP contribution >= 0.6 is 27.3 Å². The van der Waals surface area contributed by atoms with E-state index in [1.807, 2.05) is 6.07 Å². The second-order valence-corrected chi connectivity index (χ2v) is 4.64. The van der Waals surface area contributed by atoms with Crippen LogP contribution in [0.25, 0.3) is 0 Å². The summed E-state index contributed by atoms with van der Waals surface area (Å²) in [6.07, 6.45) is 0.964. The minimum Gasteiger partial charge on any atom is -0.321 e. The minimum absolute atomic E-state index is 0.174. The Morgan fingerprint density at radius 2 is 2.36 bits per heavy atom. The third-order valence-corrected chi connectivity index (χ3v) is 3.99. The minimum atomic E-state index is -0.174. The van der Waals surface area contributed by atoms with E-state index in [9.17, 15) is 0 Å². The van der Waals surface area contributed by atoms with Gasteiger partial charge >= 0.3 is 0 Å². The maximum atomic E-state index is 6.06. The van der Waals surface area contributed by atoms with E-state index in [1.54, 1.807) is 11.3 Å². The highest BCUT2D eigenvalue weighted by atomic mass is 79.9. The van der Waals surface area contributed by atoms with E-state index in [4.69, 9.17) is 5.73 Å². The van der Waals surface area contributed by atoms with Crippen LogP contribution < -0.4 is 5.73 Å². The second-order valence-electron chi connectivity index (χ2n) is 2.87. The van der Waals surface area contributed by atoms with Crippen LogP contribution in [0.15, 0.2) is 15.9 Å². The quantitative estimate of drug-likeness (QED) is 0.835. The standard InChI is InChI=1S/C8H12BrNS/c1-3-8(2,10)7-6(9)4-5-11-7/h4-5H,3,10H2,1-2H3/t8-/m0/s1. The lowest BCUT2D eigenvalue weighted by atomic mass is 9.99. The van der Waals surface area contributed by atoms with E-state index < -0.39 is 0 Å². The van der Waals surface area contributed by atoms with E-state index in [0.29, 0.717) is 0 Å². The molecule has 1 atom stereocenters. The van der Waals surface area contributed by atoms with Crippen LogP contribution in [0, 0.1) is 0 Å². The lowest BCUT2D eigenvalue weighted by Crippen LogP contribution is -2.31. The number of hydrogen-bond acceptors (Lipinski definition) is 2. The van der Waals surface area contributed by atoms with Crippen LogP contribution in [-0.4, -0.2) is 0 Å². The molecule has 0 saturated heterocycles. The van der Waals surface area contributed by atoms with Crippen LogP contribution in [0.4, 0.5) is 0 Å². The molecule has 1 nitrogen and oxygen atoms in total. The van der Waals surface area contributed by atoms with Gasteiger partial charge in [-0.25, -0.2) is 0 Å². The average molecular weight is 234 g/mol. The first-order chi connectivity index (χ1) is 5.08. The maximum Gasteiger partial charge on any atom is 0.0483 e. The zero-order valence-corrected chi connectivity index (χ0v) is 9.13. The zero-order chi connectivity index (χ0) is 8.48. The van der Waals surface area contributed by atoms with Crippen molar-refractivity contribution >= 4 is 27.3 Å². The summed E-state index contributed by atoms with van der Waals surface area (Å²) in [5.74, 6) is 0. The van der Waals surface area contributed by atoms with Gasteiger partial charge in [0.2, 0.25) is 0 Å². The Balaban J connectivity index is 3.00. The van der Waals surface area contributed by atoms with Crippen molar-refractivity contribution in [2.45, 2.75) is 25.8 Å². The lowest BCUT2D eigenvalue weighted by molar-refractivity contribution is 0.484. The molecule has 1 aromatic rings. The van der Waals surface area contributed by atoms with Crippen LogP contribution in [0.2, 0.25) is 0 Å². The predicted molar refractivity (Wildman–Crippen MR) is 53.8 cm³/mol. The van der Waals surface area contributed by atoms with E-state index in [1.165, 1.54) is 4.88 Å². The molecule has 0 unspecified atom stereocenters. The Kier molecular flexibility index (Phi) is 2.73. The molecular weight excluding hydrogens is 222 g/mol. The molecule has 62 valence electrons. The highest BCUT2D eigenvalue weighted by Gasteiger charge is 2.22. The van der Waals surface area contributed by atoms with Gasteiger partial charge in [-0.1, -0.05) is 6.92 Å². The van der Waals surface area contributed by atoms with Gasteiger partial charge in [-0.3, -0.25) is 0 Å². The van der Waals surface area contributed by atoms with Gasteiger partial charge < -0.3 is 5.73 Å². The van der Waals surface area contributed by atoms with Gasteiger partial charge in [0.05, 0.1) is 0 Å². The topological polar surface area (TPSA) is 26.0 Å². The van der Waals surface area contributed by atoms with Crippen molar-refractivity contribution in [1.82, 2.24) is 0 Å². The fourth-order valence-electron chi connectivity index (χ4n) is 0.862. The fourth-order valence-corrected chi connectivity index (χ4v) is 2.84. The van der Waals surface area contributed by atoms with Crippen molar-refractivity contribution in [3.63, 3.8) is 0 Å². The number of hydrogen-bond donors (Lipinski definition) is 1. The molecule has 0 radical (unpaired) electrons. The van der Waals surface area contributed by atoms with E-state index in [-0.39, 0.29) is 5.54 Å². The molecule has 1 heterocycles. The summed E-state index contributed by atoms with van der Waals surface area (Å²) in [4.78, 5) is 1.24. The van der Waals surface area contributed by atoms with Gasteiger partial charge in [-0.15, -0.1) is 11.3 Å². The van der Waals surface area contributed by atoms with Crippen LogP contribution in [0.5, 0.6) is 0 Å². The highest BCUT2D eigenvalue weighted by Crippen LogP contribution is 2.33. The monoisotopic (exact) mass is 233 g/mol. The largest absolute Gasteiger partial charge is 0.321 e. The summed E-state index contributed by atoms with van der Waals surface area (Å²) in [7, 11) is 0. The molecule has 11 heavy (non-hydrogen) atoms. The molecule has 0 aliphatic carbocycles. The summed E-state index contributed by atoms with van der Waals surface area (Å²) in [6.45, 7) is 4.16. The molecule has 0 aliphatic rings. The van der Waals surface area contributed by atoms with Crippen LogP contribution in [0.1, 0.15) is 25.1 Å². The molecule has 0 aromatic carbocycles. The molecule has 0 fully saturated rings. The predicted octanol–water partition coefficient (Wildman–Crippen LogP) is 3.09. The number of halogens is 1. The molecular formula is C8H12BrNS. The van der Waals surface area contributed by atoms with Crippen molar-refractivity contribution in [2.75, 3.05) is 0 Å². The maximum absolute atomic E-state index is 6.06. The normalized spacial score (nSPS) is 16.4. The molecule has 0 bridgehead atoms. The van der Waals surface area contributed by atoms with E-state index in [0.717, 1.165) is 10.9 Å². The van der Waals surface area contributed by atoms with Gasteiger partial charge in [0.15, 0.2) is 0 Å². The van der Waals surface area contributed by atoms with Crippen molar-refractivity contribution in [3.8, 4) is 0 Å². The lowest BCUT2D eigenvalue weighted by Gasteiger charge is -2.21. The summed E-state index contributed by atoms with van der Waals surface area (Å²) in [5.41, 5.74) is 5.89. The van der Waals surface area contributed by atoms with Gasteiger partial charge in [0.1, 0.15) is 0 Å². The third-order valence-electron chi connectivity index (χ3n) is 1.87. The molecule has 3 heteroatoms. The van der Waals surface area contributed by atoms with Gasteiger partial charge in [0, 0.05) is 14.9 Å². The number of thiophene rings is 1. The Hall–Kier alpha value is 0.140. The summed E-state index contributed by atoms with van der Waals surface area (Å²) in [5, 5.41) is 2.06. The Morgan fingerprint density at radius 1 is 1.73 bits per heavy atom. The molecule has 2 N–H and O–H groups in total. The first-order valence-corrected chi connectivity index (χ1v) is 5.27. The zero-order valence-electron chi connectivity index (χ0n) is 6.73. The molecule has 0 aliphatic heterocycles. The number of nitrogens with two attached hydrogens (primary N) is 1. The van der Waals surface area contributed by atoms with Gasteiger partial charge in [-0.2, -0.15) is 0 Å². The van der Waals surface area contributed by atoms with E-state index >= 15 is 0 Å². The van der Waals surface area contributed by atoms with Crippen LogP contribution in [-0.2, 0) is 5.54 Å². The van der Waals surface area contributed by atoms with Gasteiger partial charge in [-0.05, 0) is 40.7 Å². The SMILES string of the molecule is CC[C@](C)(N)c1sccc1Br. The van der Waals surface area contributed by atoms with E-state index in [2.05, 4.69) is 35.2 Å². The fraction of sp³-hybridized carbons (Fsp3) is 0.500. The Morgan fingerprint density at radius 3 is 2.73 bits per heavy atom. The summed E-state index contributed by atoms with van der Waals surface area (Å²) >= 11 is 5.18. The smallest absolute Gasteiger partial charge is 0.0483 e. The van der Waals surface area contributed by atoms with Crippen molar-refractivity contribution < 1.29 is 0 Å². The first-order valence-electron chi connectivity index (χ1n) is 3.60. The Bertz CT molecular complexity index is 242. The summed E-state index contributed by atoms with van der Waals surface area (Å²) < 4.78 is 1.13. The Labute approximate surface area is 79.7 Å².